The van der Waals surface area contributed by atoms with Crippen LogP contribution in [0.2, 0.25) is 0 Å². The average Bonchev–Trinajstić information content (AvgIpc) is 2.89. The predicted molar refractivity (Wildman–Crippen MR) is 95.6 cm³/mol. The van der Waals surface area contributed by atoms with Gasteiger partial charge >= 0.3 is 0 Å². The Morgan fingerprint density at radius 2 is 1.92 bits per heavy atom. The summed E-state index contributed by atoms with van der Waals surface area (Å²) in [7, 11) is 1.70. The Kier molecular flexibility index (Phi) is 3.82. The maximum atomic E-state index is 11.9. The molecule has 0 saturated heterocycles. The quantitative estimate of drug-likeness (QED) is 0.394. The molecule has 0 radical (unpaired) electrons. The van der Waals surface area contributed by atoms with Gasteiger partial charge in [0.25, 0.3) is 0 Å². The average molecular weight is 343 g/mol. The fourth-order valence-electron chi connectivity index (χ4n) is 7.15. The van der Waals surface area contributed by atoms with Crippen molar-refractivity contribution >= 4 is 5.78 Å². The summed E-state index contributed by atoms with van der Waals surface area (Å²) in [6, 6.07) is 0. The summed E-state index contributed by atoms with van der Waals surface area (Å²) in [5.74, 6) is 2.17. The first-order valence-corrected chi connectivity index (χ1v) is 9.75. The van der Waals surface area contributed by atoms with E-state index in [1.165, 1.54) is 5.57 Å². The number of carbonyl (C=O) groups excluding carboxylic acids is 1. The molecule has 0 aliphatic heterocycles. The Hall–Kier alpha value is -1.32. The lowest BCUT2D eigenvalue weighted by atomic mass is 9.47. The van der Waals surface area contributed by atoms with Crippen molar-refractivity contribution in [3.05, 3.63) is 22.1 Å². The normalized spacial score (nSPS) is 48.7. The van der Waals surface area contributed by atoms with Crippen molar-refractivity contribution < 1.29 is 9.53 Å². The summed E-state index contributed by atoms with van der Waals surface area (Å²) in [6.07, 6.45) is 9.98. The third-order valence-electron chi connectivity index (χ3n) is 8.58. The molecule has 2 unspecified atom stereocenters. The number of fused-ring (bicyclic) bond motifs is 5. The second-order valence-corrected chi connectivity index (χ2v) is 9.14. The second-order valence-electron chi connectivity index (χ2n) is 9.14. The number of carbonyl (C=O) groups is 1. The summed E-state index contributed by atoms with van der Waals surface area (Å²) in [6.45, 7) is 4.69. The highest BCUT2D eigenvalue weighted by atomic mass is 16.5. The highest BCUT2D eigenvalue weighted by Gasteiger charge is 2.64. The molecule has 0 aromatic rings. The molecule has 0 heterocycles. The first-order valence-electron chi connectivity index (χ1n) is 9.75. The van der Waals surface area contributed by atoms with Gasteiger partial charge in [0, 0.05) is 23.9 Å². The number of azide groups is 1. The second kappa shape index (κ2) is 5.59. The number of ketones is 1. The van der Waals surface area contributed by atoms with Crippen LogP contribution in [0.15, 0.2) is 16.8 Å². The van der Waals surface area contributed by atoms with Crippen LogP contribution < -0.4 is 0 Å². The topological polar surface area (TPSA) is 75.1 Å². The minimum Gasteiger partial charge on any atom is -0.372 e. The van der Waals surface area contributed by atoms with E-state index in [4.69, 9.17) is 10.3 Å². The summed E-state index contributed by atoms with van der Waals surface area (Å²) in [5.41, 5.74) is 9.96. The lowest BCUT2D eigenvalue weighted by Gasteiger charge is -2.59. The Labute approximate surface area is 149 Å². The van der Waals surface area contributed by atoms with Gasteiger partial charge in [-0.05, 0) is 79.7 Å². The van der Waals surface area contributed by atoms with Gasteiger partial charge < -0.3 is 4.74 Å². The fraction of sp³-hybridized carbons (Fsp3) is 0.850. The number of hydrogen-bond donors (Lipinski definition) is 0. The Balaban J connectivity index is 1.70. The molecule has 5 nitrogen and oxygen atoms in total. The fourth-order valence-corrected chi connectivity index (χ4v) is 7.15. The molecule has 0 aromatic heterocycles. The van der Waals surface area contributed by atoms with Gasteiger partial charge in [-0.1, -0.05) is 24.5 Å². The van der Waals surface area contributed by atoms with Gasteiger partial charge in [-0.15, -0.1) is 0 Å². The number of hydrogen-bond acceptors (Lipinski definition) is 3. The van der Waals surface area contributed by atoms with E-state index in [0.717, 1.165) is 44.9 Å². The van der Waals surface area contributed by atoms with Crippen LogP contribution in [0.5, 0.6) is 0 Å². The van der Waals surface area contributed by atoms with Crippen molar-refractivity contribution in [2.24, 2.45) is 33.7 Å². The van der Waals surface area contributed by atoms with Gasteiger partial charge in [-0.25, -0.2) is 0 Å². The molecule has 5 heteroatoms. The standard InChI is InChI=1S/C20H29N3O2/c1-18-9-6-14(24)12-13(18)4-5-15-16(18)7-10-19(2)17(15)8-11-20(19,25-3)22-23-21/h12,15-17H,4-11H2,1-3H3/t15?,16-,17-,18+,19+,20?/m1/s1. The van der Waals surface area contributed by atoms with Crippen LogP contribution in [-0.2, 0) is 9.53 Å². The smallest absolute Gasteiger partial charge is 0.155 e. The van der Waals surface area contributed by atoms with Crippen molar-refractivity contribution in [2.75, 3.05) is 7.11 Å². The molecule has 136 valence electrons. The van der Waals surface area contributed by atoms with E-state index in [0.29, 0.717) is 30.0 Å². The molecule has 0 N–H and O–H groups in total. The van der Waals surface area contributed by atoms with Gasteiger partial charge in [0.2, 0.25) is 0 Å². The number of nitrogens with zero attached hydrogens (tertiary/aromatic N) is 3. The van der Waals surface area contributed by atoms with E-state index in [1.807, 2.05) is 6.08 Å². The van der Waals surface area contributed by atoms with E-state index in [9.17, 15) is 4.79 Å². The molecule has 4 aliphatic rings. The van der Waals surface area contributed by atoms with Crippen molar-refractivity contribution in [3.63, 3.8) is 0 Å². The lowest BCUT2D eigenvalue weighted by Crippen LogP contribution is -2.54. The molecule has 3 fully saturated rings. The first kappa shape index (κ1) is 17.1. The minimum absolute atomic E-state index is 0.0722. The molecule has 6 atom stereocenters. The summed E-state index contributed by atoms with van der Waals surface area (Å²) in [5, 5.41) is 4.18. The number of ether oxygens (including phenoxy) is 1. The monoisotopic (exact) mass is 343 g/mol. The zero-order chi connectivity index (χ0) is 17.9. The van der Waals surface area contributed by atoms with Crippen molar-refractivity contribution in [1.82, 2.24) is 0 Å². The summed E-state index contributed by atoms with van der Waals surface area (Å²) in [4.78, 5) is 15.1. The van der Waals surface area contributed by atoms with E-state index >= 15 is 0 Å². The van der Waals surface area contributed by atoms with E-state index in [2.05, 4.69) is 23.9 Å². The SMILES string of the molecule is COC1(N=[N+]=[N-])CC[C@@H]2C3CCC4=CC(=O)CC[C@]4(C)[C@@H]3CC[C@@]21C. The number of rotatable bonds is 2. The van der Waals surface area contributed by atoms with Crippen LogP contribution >= 0.6 is 0 Å². The van der Waals surface area contributed by atoms with Gasteiger partial charge in [0.15, 0.2) is 11.5 Å². The minimum atomic E-state index is -0.684. The van der Waals surface area contributed by atoms with Gasteiger partial charge in [0.05, 0.1) is 0 Å². The molecule has 4 aliphatic carbocycles. The zero-order valence-corrected chi connectivity index (χ0v) is 15.6. The summed E-state index contributed by atoms with van der Waals surface area (Å²) < 4.78 is 5.86. The molecule has 25 heavy (non-hydrogen) atoms. The van der Waals surface area contributed by atoms with Crippen LogP contribution in [0.25, 0.3) is 10.4 Å². The van der Waals surface area contributed by atoms with Crippen molar-refractivity contribution in [3.8, 4) is 0 Å². The number of methoxy groups -OCH3 is 1. The predicted octanol–water partition coefficient (Wildman–Crippen LogP) is 5.17. The maximum Gasteiger partial charge on any atom is 0.155 e. The van der Waals surface area contributed by atoms with Crippen LogP contribution in [0.3, 0.4) is 0 Å². The maximum absolute atomic E-state index is 11.9. The van der Waals surface area contributed by atoms with E-state index in [1.54, 1.807) is 7.11 Å². The third-order valence-corrected chi connectivity index (χ3v) is 8.58. The third kappa shape index (κ3) is 2.12. The van der Waals surface area contributed by atoms with Gasteiger partial charge in [-0.3, -0.25) is 4.79 Å². The zero-order valence-electron chi connectivity index (χ0n) is 15.6. The van der Waals surface area contributed by atoms with E-state index < -0.39 is 5.72 Å². The lowest BCUT2D eigenvalue weighted by molar-refractivity contribution is -0.141. The molecule has 0 bridgehead atoms. The largest absolute Gasteiger partial charge is 0.372 e. The van der Waals surface area contributed by atoms with Crippen LogP contribution in [-0.4, -0.2) is 18.6 Å². The molecular weight excluding hydrogens is 314 g/mol. The Morgan fingerprint density at radius 1 is 1.16 bits per heavy atom. The molecule has 0 amide bonds. The Bertz CT molecular complexity index is 682. The molecule has 0 spiro atoms. The molecular formula is C20H29N3O2. The van der Waals surface area contributed by atoms with Crippen LogP contribution in [0.1, 0.15) is 65.2 Å². The number of allylic oxidation sites excluding steroid dienone is 1. The van der Waals surface area contributed by atoms with Crippen LogP contribution in [0, 0.1) is 28.6 Å². The molecule has 4 rings (SSSR count). The highest BCUT2D eigenvalue weighted by molar-refractivity contribution is 5.91. The van der Waals surface area contributed by atoms with Gasteiger partial charge in [-0.2, -0.15) is 0 Å². The molecule has 0 aromatic carbocycles. The summed E-state index contributed by atoms with van der Waals surface area (Å²) >= 11 is 0. The van der Waals surface area contributed by atoms with E-state index in [-0.39, 0.29) is 10.8 Å². The highest BCUT2D eigenvalue weighted by Crippen LogP contribution is 2.68. The van der Waals surface area contributed by atoms with Gasteiger partial charge in [0.1, 0.15) is 0 Å². The Morgan fingerprint density at radius 3 is 2.64 bits per heavy atom. The van der Waals surface area contributed by atoms with Crippen LogP contribution in [0.4, 0.5) is 0 Å². The van der Waals surface area contributed by atoms with Crippen molar-refractivity contribution in [1.29, 1.82) is 0 Å². The molecule has 3 saturated carbocycles. The van der Waals surface area contributed by atoms with Crippen molar-refractivity contribution in [2.45, 2.75) is 70.9 Å². The first-order chi connectivity index (χ1) is 11.9.